The summed E-state index contributed by atoms with van der Waals surface area (Å²) in [5.41, 5.74) is 2.08. The Kier molecular flexibility index (Phi) is 4.23. The first-order valence-corrected chi connectivity index (χ1v) is 5.66. The first kappa shape index (κ1) is 11.3. The van der Waals surface area contributed by atoms with Crippen molar-refractivity contribution in [1.29, 1.82) is 0 Å². The molecule has 0 bridgehead atoms. The van der Waals surface area contributed by atoms with Crippen molar-refractivity contribution in [2.24, 2.45) is 4.99 Å². The SMILES string of the molecule is C(CC=[NH+]c1ccccc1)=Nc1ccccc1. The van der Waals surface area contributed by atoms with Crippen molar-refractivity contribution in [1.82, 2.24) is 0 Å². The van der Waals surface area contributed by atoms with Gasteiger partial charge in [-0.2, -0.15) is 0 Å². The Morgan fingerprint density at radius 3 is 2.24 bits per heavy atom. The van der Waals surface area contributed by atoms with Gasteiger partial charge in [0.2, 0.25) is 5.69 Å². The number of nitrogens with one attached hydrogen (secondary N) is 1. The van der Waals surface area contributed by atoms with E-state index in [0.717, 1.165) is 17.8 Å². The Morgan fingerprint density at radius 1 is 0.882 bits per heavy atom. The molecule has 2 heteroatoms. The van der Waals surface area contributed by atoms with E-state index in [0.29, 0.717) is 0 Å². The Hall–Kier alpha value is -2.22. The summed E-state index contributed by atoms with van der Waals surface area (Å²) in [5, 5.41) is 0. The van der Waals surface area contributed by atoms with Gasteiger partial charge in [0, 0.05) is 18.3 Å². The van der Waals surface area contributed by atoms with Crippen LogP contribution in [0.4, 0.5) is 11.4 Å². The van der Waals surface area contributed by atoms with E-state index in [9.17, 15) is 0 Å². The fraction of sp³-hybridized carbons (Fsp3) is 0.0667. The second kappa shape index (κ2) is 6.38. The number of aliphatic imine (C=N–C) groups is 1. The first-order chi connectivity index (χ1) is 8.45. The Morgan fingerprint density at radius 2 is 1.53 bits per heavy atom. The van der Waals surface area contributed by atoms with E-state index in [1.165, 1.54) is 0 Å². The van der Waals surface area contributed by atoms with Gasteiger partial charge >= 0.3 is 0 Å². The quantitative estimate of drug-likeness (QED) is 0.770. The molecule has 0 aliphatic heterocycles. The van der Waals surface area contributed by atoms with E-state index >= 15 is 0 Å². The molecule has 1 N–H and O–H groups in total. The molecule has 2 aromatic carbocycles. The molecule has 0 saturated carbocycles. The molecule has 0 atom stereocenters. The molecule has 0 aliphatic carbocycles. The van der Waals surface area contributed by atoms with Gasteiger partial charge in [-0.3, -0.25) is 4.99 Å². The molecule has 0 aromatic heterocycles. The van der Waals surface area contributed by atoms with Gasteiger partial charge in [-0.25, -0.2) is 4.99 Å². The predicted molar refractivity (Wildman–Crippen MR) is 72.3 cm³/mol. The first-order valence-electron chi connectivity index (χ1n) is 5.66. The third-order valence-corrected chi connectivity index (χ3v) is 2.26. The molecular weight excluding hydrogens is 208 g/mol. The normalized spacial score (nSPS) is 11.3. The molecule has 0 amide bonds. The molecule has 17 heavy (non-hydrogen) atoms. The zero-order chi connectivity index (χ0) is 11.8. The summed E-state index contributed by atoms with van der Waals surface area (Å²) in [6.45, 7) is 0. The summed E-state index contributed by atoms with van der Waals surface area (Å²) in [5.74, 6) is 0. The molecule has 2 nitrogen and oxygen atoms in total. The van der Waals surface area contributed by atoms with Gasteiger partial charge in [0.1, 0.15) is 6.21 Å². The highest BCUT2D eigenvalue weighted by Gasteiger charge is 1.89. The van der Waals surface area contributed by atoms with Gasteiger partial charge in [0.15, 0.2) is 0 Å². The van der Waals surface area contributed by atoms with Gasteiger partial charge in [0.05, 0.1) is 12.1 Å². The molecule has 2 aromatic rings. The monoisotopic (exact) mass is 223 g/mol. The number of benzene rings is 2. The Bertz CT molecular complexity index is 439. The zero-order valence-corrected chi connectivity index (χ0v) is 9.58. The van der Waals surface area contributed by atoms with Crippen LogP contribution in [0.2, 0.25) is 0 Å². The minimum absolute atomic E-state index is 0.795. The second-order valence-electron chi connectivity index (χ2n) is 3.60. The van der Waals surface area contributed by atoms with Gasteiger partial charge in [0.25, 0.3) is 0 Å². The van der Waals surface area contributed by atoms with E-state index in [-0.39, 0.29) is 0 Å². The maximum atomic E-state index is 4.34. The fourth-order valence-corrected chi connectivity index (χ4v) is 1.44. The summed E-state index contributed by atoms with van der Waals surface area (Å²) in [6, 6.07) is 20.0. The number of hydrogen-bond donors (Lipinski definition) is 1. The number of para-hydroxylation sites is 2. The van der Waals surface area contributed by atoms with E-state index in [4.69, 9.17) is 0 Å². The van der Waals surface area contributed by atoms with E-state index in [1.54, 1.807) is 0 Å². The summed E-state index contributed by atoms with van der Waals surface area (Å²) in [7, 11) is 0. The fourth-order valence-electron chi connectivity index (χ4n) is 1.44. The van der Waals surface area contributed by atoms with Crippen LogP contribution in [0.25, 0.3) is 0 Å². The van der Waals surface area contributed by atoms with Crippen molar-refractivity contribution in [3.8, 4) is 0 Å². The molecular formula is C15H15N2+. The van der Waals surface area contributed by atoms with Crippen LogP contribution < -0.4 is 4.99 Å². The summed E-state index contributed by atoms with van der Waals surface area (Å²) < 4.78 is 0. The average molecular weight is 223 g/mol. The standard InChI is InChI=1S/C15H14N2/c1-3-8-14(9-4-1)16-12-7-13-17-15-10-5-2-6-11-15/h1-6,8-13H,7H2/p+1. The Balaban J connectivity index is 1.84. The third kappa shape index (κ3) is 4.03. The van der Waals surface area contributed by atoms with Crippen LogP contribution in [0.15, 0.2) is 65.7 Å². The highest BCUT2D eigenvalue weighted by Crippen LogP contribution is 2.08. The smallest absolute Gasteiger partial charge is 0.203 e. The van der Waals surface area contributed by atoms with Crippen molar-refractivity contribution in [2.45, 2.75) is 6.42 Å². The number of hydrogen-bond acceptors (Lipinski definition) is 1. The molecule has 0 fully saturated rings. The highest BCUT2D eigenvalue weighted by molar-refractivity contribution is 5.78. The van der Waals surface area contributed by atoms with Crippen LogP contribution >= 0.6 is 0 Å². The van der Waals surface area contributed by atoms with Crippen LogP contribution in [0.5, 0.6) is 0 Å². The maximum absolute atomic E-state index is 4.34. The van der Waals surface area contributed by atoms with Gasteiger partial charge in [-0.1, -0.05) is 36.4 Å². The minimum Gasteiger partial charge on any atom is -0.261 e. The lowest BCUT2D eigenvalue weighted by atomic mass is 10.3. The van der Waals surface area contributed by atoms with Crippen LogP contribution in [0.3, 0.4) is 0 Å². The highest BCUT2D eigenvalue weighted by atomic mass is 14.7. The molecule has 2 rings (SSSR count). The lowest BCUT2D eigenvalue weighted by Gasteiger charge is -1.88. The maximum Gasteiger partial charge on any atom is 0.203 e. The second-order valence-corrected chi connectivity index (χ2v) is 3.60. The molecule has 0 radical (unpaired) electrons. The third-order valence-electron chi connectivity index (χ3n) is 2.26. The van der Waals surface area contributed by atoms with Crippen LogP contribution in [0, 0.1) is 0 Å². The zero-order valence-electron chi connectivity index (χ0n) is 9.58. The molecule has 0 aliphatic rings. The minimum atomic E-state index is 0.795. The van der Waals surface area contributed by atoms with Crippen molar-refractivity contribution in [3.05, 3.63) is 60.7 Å². The lowest BCUT2D eigenvalue weighted by Crippen LogP contribution is -2.61. The summed E-state index contributed by atoms with van der Waals surface area (Å²) in [6.07, 6.45) is 4.68. The Labute approximate surface area is 101 Å². The largest absolute Gasteiger partial charge is 0.261 e. The van der Waals surface area contributed by atoms with Crippen molar-refractivity contribution >= 4 is 23.8 Å². The van der Waals surface area contributed by atoms with Gasteiger partial charge in [-0.05, 0) is 12.1 Å². The van der Waals surface area contributed by atoms with Crippen molar-refractivity contribution < 1.29 is 4.99 Å². The van der Waals surface area contributed by atoms with E-state index in [2.05, 4.69) is 9.98 Å². The van der Waals surface area contributed by atoms with E-state index < -0.39 is 0 Å². The van der Waals surface area contributed by atoms with Crippen molar-refractivity contribution in [3.63, 3.8) is 0 Å². The molecule has 0 unspecified atom stereocenters. The van der Waals surface area contributed by atoms with Crippen molar-refractivity contribution in [2.75, 3.05) is 0 Å². The molecule has 0 spiro atoms. The number of nitrogens with zero attached hydrogens (tertiary/aromatic N) is 1. The van der Waals surface area contributed by atoms with Gasteiger partial charge < -0.3 is 0 Å². The molecule has 0 heterocycles. The predicted octanol–water partition coefficient (Wildman–Crippen LogP) is 2.26. The van der Waals surface area contributed by atoms with Crippen LogP contribution in [-0.4, -0.2) is 12.4 Å². The van der Waals surface area contributed by atoms with E-state index in [1.807, 2.05) is 73.1 Å². The molecule has 84 valence electrons. The van der Waals surface area contributed by atoms with Crippen LogP contribution in [0.1, 0.15) is 6.42 Å². The number of rotatable bonds is 4. The summed E-state index contributed by atoms with van der Waals surface area (Å²) >= 11 is 0. The molecule has 0 saturated heterocycles. The lowest BCUT2D eigenvalue weighted by molar-refractivity contribution is -0.348. The van der Waals surface area contributed by atoms with Gasteiger partial charge in [-0.15, -0.1) is 0 Å². The topological polar surface area (TPSA) is 26.3 Å². The van der Waals surface area contributed by atoms with Crippen LogP contribution in [-0.2, 0) is 0 Å². The average Bonchev–Trinajstić information content (AvgIpc) is 2.41. The summed E-state index contributed by atoms with van der Waals surface area (Å²) in [4.78, 5) is 7.56.